The first kappa shape index (κ1) is 21.6. The van der Waals surface area contributed by atoms with Crippen LogP contribution in [0, 0.1) is 5.92 Å². The SMILES string of the molecule is CC1(C)OB(c2ccc3c(c2)-c2ccccc2C3(c2ccccn2)C2C=CC=CC2)OC1(C)C. The number of aromatic nitrogens is 1. The van der Waals surface area contributed by atoms with E-state index in [1.54, 1.807) is 0 Å². The molecule has 1 saturated heterocycles. The first-order chi connectivity index (χ1) is 16.3. The van der Waals surface area contributed by atoms with Crippen molar-refractivity contribution >= 4 is 12.6 Å². The summed E-state index contributed by atoms with van der Waals surface area (Å²) in [5.74, 6) is 0.275. The van der Waals surface area contributed by atoms with Crippen LogP contribution in [0.5, 0.6) is 0 Å². The van der Waals surface area contributed by atoms with Gasteiger partial charge in [-0.3, -0.25) is 4.98 Å². The number of allylic oxidation sites excluding steroid dienone is 4. The third-order valence-corrected chi connectivity index (χ3v) is 8.24. The predicted molar refractivity (Wildman–Crippen MR) is 138 cm³/mol. The lowest BCUT2D eigenvalue weighted by Crippen LogP contribution is -2.41. The Labute approximate surface area is 202 Å². The van der Waals surface area contributed by atoms with Gasteiger partial charge in [0.1, 0.15) is 0 Å². The van der Waals surface area contributed by atoms with E-state index in [2.05, 4.69) is 107 Å². The molecule has 0 bridgehead atoms. The van der Waals surface area contributed by atoms with Gasteiger partial charge in [0.2, 0.25) is 0 Å². The summed E-state index contributed by atoms with van der Waals surface area (Å²) >= 11 is 0. The molecule has 2 heterocycles. The van der Waals surface area contributed by atoms with Crippen molar-refractivity contribution in [3.05, 3.63) is 108 Å². The first-order valence-electron chi connectivity index (χ1n) is 12.2. The summed E-state index contributed by atoms with van der Waals surface area (Å²) in [6.07, 6.45) is 11.8. The highest BCUT2D eigenvalue weighted by molar-refractivity contribution is 6.62. The third-order valence-electron chi connectivity index (χ3n) is 8.24. The van der Waals surface area contributed by atoms with E-state index in [4.69, 9.17) is 14.3 Å². The Hall–Kier alpha value is -2.95. The lowest BCUT2D eigenvalue weighted by Gasteiger charge is -2.38. The van der Waals surface area contributed by atoms with Crippen molar-refractivity contribution in [2.75, 3.05) is 0 Å². The number of fused-ring (bicyclic) bond motifs is 3. The van der Waals surface area contributed by atoms with E-state index in [1.807, 2.05) is 12.3 Å². The van der Waals surface area contributed by atoms with Crippen LogP contribution in [-0.4, -0.2) is 23.3 Å². The summed E-state index contributed by atoms with van der Waals surface area (Å²) in [6, 6.07) is 21.9. The summed E-state index contributed by atoms with van der Waals surface area (Å²) < 4.78 is 12.8. The summed E-state index contributed by atoms with van der Waals surface area (Å²) in [6.45, 7) is 8.41. The average molecular weight is 447 g/mol. The van der Waals surface area contributed by atoms with Crippen LogP contribution in [0.25, 0.3) is 11.1 Å². The van der Waals surface area contributed by atoms with Gasteiger partial charge in [0.05, 0.1) is 22.3 Å². The molecule has 2 aliphatic carbocycles. The number of nitrogens with zero attached hydrogens (tertiary/aromatic N) is 1. The minimum Gasteiger partial charge on any atom is -0.399 e. The van der Waals surface area contributed by atoms with E-state index in [0.29, 0.717) is 0 Å². The zero-order chi connectivity index (χ0) is 23.6. The van der Waals surface area contributed by atoms with Crippen LogP contribution in [0.1, 0.15) is 50.9 Å². The quantitative estimate of drug-likeness (QED) is 0.474. The Morgan fingerprint density at radius 1 is 0.824 bits per heavy atom. The molecule has 3 nitrogen and oxygen atoms in total. The number of hydrogen-bond acceptors (Lipinski definition) is 3. The molecule has 3 aromatic rings. The lowest BCUT2D eigenvalue weighted by molar-refractivity contribution is 0.00578. The van der Waals surface area contributed by atoms with Crippen LogP contribution in [0.4, 0.5) is 0 Å². The van der Waals surface area contributed by atoms with Crippen molar-refractivity contribution in [1.29, 1.82) is 0 Å². The van der Waals surface area contributed by atoms with E-state index in [1.165, 1.54) is 22.3 Å². The molecule has 0 N–H and O–H groups in total. The van der Waals surface area contributed by atoms with E-state index in [-0.39, 0.29) is 29.7 Å². The topological polar surface area (TPSA) is 31.4 Å². The van der Waals surface area contributed by atoms with Crippen molar-refractivity contribution in [2.45, 2.75) is 50.7 Å². The Balaban J connectivity index is 1.57. The third kappa shape index (κ3) is 2.95. The lowest BCUT2D eigenvalue weighted by atomic mass is 9.63. The van der Waals surface area contributed by atoms with Gasteiger partial charge in [0.15, 0.2) is 0 Å². The fourth-order valence-electron chi connectivity index (χ4n) is 5.82. The van der Waals surface area contributed by atoms with Gasteiger partial charge in [-0.05, 0) is 79.9 Å². The smallest absolute Gasteiger partial charge is 0.399 e. The van der Waals surface area contributed by atoms with Gasteiger partial charge in [0.25, 0.3) is 0 Å². The number of pyridine rings is 1. The van der Waals surface area contributed by atoms with Crippen molar-refractivity contribution in [3.63, 3.8) is 0 Å². The van der Waals surface area contributed by atoms with Gasteiger partial charge in [-0.15, -0.1) is 0 Å². The predicted octanol–water partition coefficient (Wildman–Crippen LogP) is 5.83. The van der Waals surface area contributed by atoms with Crippen LogP contribution >= 0.6 is 0 Å². The maximum Gasteiger partial charge on any atom is 0.494 e. The van der Waals surface area contributed by atoms with Crippen molar-refractivity contribution in [1.82, 2.24) is 4.98 Å². The second-order valence-electron chi connectivity index (χ2n) is 10.6. The van der Waals surface area contributed by atoms with Crippen LogP contribution in [0.3, 0.4) is 0 Å². The fraction of sp³-hybridized carbons (Fsp3) is 0.300. The minimum absolute atomic E-state index is 0.275. The number of benzene rings is 2. The maximum absolute atomic E-state index is 6.40. The molecule has 2 aromatic carbocycles. The number of rotatable bonds is 3. The molecule has 0 saturated carbocycles. The summed E-state index contributed by atoms with van der Waals surface area (Å²) in [5.41, 5.74) is 6.20. The molecule has 34 heavy (non-hydrogen) atoms. The molecule has 1 aromatic heterocycles. The summed E-state index contributed by atoms with van der Waals surface area (Å²) in [5, 5.41) is 0. The highest BCUT2D eigenvalue weighted by Crippen LogP contribution is 2.57. The first-order valence-corrected chi connectivity index (χ1v) is 12.2. The van der Waals surface area contributed by atoms with Gasteiger partial charge in [-0.25, -0.2) is 0 Å². The Morgan fingerprint density at radius 3 is 2.26 bits per heavy atom. The summed E-state index contributed by atoms with van der Waals surface area (Å²) in [4.78, 5) is 4.94. The van der Waals surface area contributed by atoms with Gasteiger partial charge >= 0.3 is 7.12 Å². The van der Waals surface area contributed by atoms with Gasteiger partial charge < -0.3 is 9.31 Å². The fourth-order valence-corrected chi connectivity index (χ4v) is 5.82. The Morgan fingerprint density at radius 2 is 1.56 bits per heavy atom. The molecule has 1 aliphatic heterocycles. The monoisotopic (exact) mass is 447 g/mol. The second kappa shape index (κ2) is 7.53. The van der Waals surface area contributed by atoms with E-state index in [0.717, 1.165) is 17.6 Å². The zero-order valence-electron chi connectivity index (χ0n) is 20.3. The van der Waals surface area contributed by atoms with Crippen molar-refractivity contribution in [3.8, 4) is 11.1 Å². The van der Waals surface area contributed by atoms with Gasteiger partial charge in [0, 0.05) is 6.20 Å². The molecular weight excluding hydrogens is 417 g/mol. The standard InChI is InChI=1S/C30H30BNO2/c1-28(2)29(3,4)34-31(33-28)22-17-18-26-24(20-22)23-14-8-9-15-25(23)30(26,21-12-6-5-7-13-21)27-16-10-11-19-32-27/h5-12,14-21H,13H2,1-4H3. The van der Waals surface area contributed by atoms with E-state index >= 15 is 0 Å². The molecule has 0 amide bonds. The molecule has 0 spiro atoms. The zero-order valence-corrected chi connectivity index (χ0v) is 20.3. The van der Waals surface area contributed by atoms with E-state index < -0.39 is 0 Å². The minimum atomic E-state index is -0.384. The highest BCUT2D eigenvalue weighted by atomic mass is 16.7. The van der Waals surface area contributed by atoms with Crippen LogP contribution < -0.4 is 5.46 Å². The molecule has 1 fully saturated rings. The Kier molecular flexibility index (Phi) is 4.78. The molecule has 3 aliphatic rings. The van der Waals surface area contributed by atoms with Crippen molar-refractivity contribution in [2.24, 2.45) is 5.92 Å². The molecule has 2 atom stereocenters. The van der Waals surface area contributed by atoms with Crippen LogP contribution in [-0.2, 0) is 14.7 Å². The second-order valence-corrected chi connectivity index (χ2v) is 10.6. The molecule has 170 valence electrons. The van der Waals surface area contributed by atoms with Gasteiger partial charge in [-0.1, -0.05) is 72.8 Å². The molecule has 2 unspecified atom stereocenters. The van der Waals surface area contributed by atoms with Gasteiger partial charge in [-0.2, -0.15) is 0 Å². The highest BCUT2D eigenvalue weighted by Gasteiger charge is 2.53. The average Bonchev–Trinajstić information content (AvgIpc) is 3.27. The summed E-state index contributed by atoms with van der Waals surface area (Å²) in [7, 11) is -0.384. The molecule has 0 radical (unpaired) electrons. The normalized spacial score (nSPS) is 25.9. The van der Waals surface area contributed by atoms with E-state index in [9.17, 15) is 0 Å². The molecule has 6 rings (SSSR count). The Bertz CT molecular complexity index is 1290. The van der Waals surface area contributed by atoms with Crippen LogP contribution in [0.15, 0.2) is 91.2 Å². The molecular formula is C30H30BNO2. The largest absolute Gasteiger partial charge is 0.494 e. The van der Waals surface area contributed by atoms with Crippen LogP contribution in [0.2, 0.25) is 0 Å². The maximum atomic E-state index is 6.40. The molecule has 4 heteroatoms. The van der Waals surface area contributed by atoms with Crippen molar-refractivity contribution < 1.29 is 9.31 Å². The number of hydrogen-bond donors (Lipinski definition) is 0.